The predicted octanol–water partition coefficient (Wildman–Crippen LogP) is 3.55. The lowest BCUT2D eigenvalue weighted by Crippen LogP contribution is -2.48. The molecule has 1 fully saturated rings. The molecular weight excluding hydrogens is 275 g/mol. The van der Waals surface area contributed by atoms with Crippen LogP contribution in [0.15, 0.2) is 18.2 Å². The molecule has 0 spiro atoms. The number of hydrogen-bond acceptors (Lipinski definition) is 2. The molecule has 1 saturated heterocycles. The van der Waals surface area contributed by atoms with Crippen molar-refractivity contribution < 1.29 is 4.39 Å². The van der Waals surface area contributed by atoms with Gasteiger partial charge in [-0.05, 0) is 24.0 Å². The van der Waals surface area contributed by atoms with Gasteiger partial charge in [0.2, 0.25) is 0 Å². The number of piperazine rings is 1. The summed E-state index contributed by atoms with van der Waals surface area (Å²) in [7, 11) is 0. The monoisotopic (exact) mass is 300 g/mol. The molecule has 1 aliphatic rings. The first-order valence-electron chi connectivity index (χ1n) is 7.10. The van der Waals surface area contributed by atoms with Crippen molar-refractivity contribution in [2.45, 2.75) is 33.7 Å². The largest absolute Gasteiger partial charge is 0.314 e. The molecule has 2 nitrogen and oxygen atoms in total. The van der Waals surface area contributed by atoms with Crippen LogP contribution in [0.5, 0.6) is 0 Å². The second-order valence-corrected chi connectivity index (χ2v) is 6.58. The lowest BCUT2D eigenvalue weighted by molar-refractivity contribution is 0.0834. The van der Waals surface area contributed by atoms with E-state index in [-0.39, 0.29) is 29.7 Å². The van der Waals surface area contributed by atoms with Crippen LogP contribution in [0, 0.1) is 18.2 Å². The van der Waals surface area contributed by atoms with E-state index in [2.05, 4.69) is 31.0 Å². The maximum absolute atomic E-state index is 14.3. The minimum absolute atomic E-state index is 0. The lowest BCUT2D eigenvalue weighted by atomic mass is 9.80. The van der Waals surface area contributed by atoms with Gasteiger partial charge in [0, 0.05) is 37.8 Å². The third-order valence-electron chi connectivity index (χ3n) is 3.79. The van der Waals surface area contributed by atoms with Gasteiger partial charge in [-0.3, -0.25) is 4.90 Å². The summed E-state index contributed by atoms with van der Waals surface area (Å²) in [5.41, 5.74) is 1.84. The smallest absolute Gasteiger partial charge is 0.128 e. The average Bonchev–Trinajstić information content (AvgIpc) is 2.32. The molecule has 2 rings (SSSR count). The fourth-order valence-electron chi connectivity index (χ4n) is 3.01. The van der Waals surface area contributed by atoms with Gasteiger partial charge in [0.25, 0.3) is 0 Å². The Bertz CT molecular complexity index is 437. The molecule has 0 radical (unpaired) electrons. The zero-order valence-electron chi connectivity index (χ0n) is 12.9. The molecule has 20 heavy (non-hydrogen) atoms. The van der Waals surface area contributed by atoms with Crippen LogP contribution in [0.1, 0.15) is 37.9 Å². The Morgan fingerprint density at radius 2 is 1.80 bits per heavy atom. The molecule has 114 valence electrons. The summed E-state index contributed by atoms with van der Waals surface area (Å²) >= 11 is 0. The standard InChI is InChI=1S/C16H25FN2.ClH/c1-12-5-6-13(14(17)11-12)15(16(2,3)4)19-9-7-18-8-10-19;/h5-6,11,15,18H,7-10H2,1-4H3;1H/t15-;/m0./s1. The van der Waals surface area contributed by atoms with Gasteiger partial charge in [0.05, 0.1) is 0 Å². The van der Waals surface area contributed by atoms with Crippen LogP contribution in [0.2, 0.25) is 0 Å². The van der Waals surface area contributed by atoms with E-state index in [1.807, 2.05) is 19.1 Å². The van der Waals surface area contributed by atoms with Gasteiger partial charge in [-0.25, -0.2) is 4.39 Å². The van der Waals surface area contributed by atoms with Gasteiger partial charge in [0.15, 0.2) is 0 Å². The van der Waals surface area contributed by atoms with E-state index in [0.29, 0.717) is 0 Å². The number of benzene rings is 1. The van der Waals surface area contributed by atoms with Crippen LogP contribution in [0.25, 0.3) is 0 Å². The molecule has 0 amide bonds. The molecule has 4 heteroatoms. The van der Waals surface area contributed by atoms with Crippen molar-refractivity contribution in [1.82, 2.24) is 10.2 Å². The van der Waals surface area contributed by atoms with Crippen LogP contribution >= 0.6 is 12.4 Å². The Kier molecular flexibility index (Phi) is 5.99. The number of hydrogen-bond donors (Lipinski definition) is 1. The summed E-state index contributed by atoms with van der Waals surface area (Å²) in [6, 6.07) is 5.76. The van der Waals surface area contributed by atoms with Gasteiger partial charge < -0.3 is 5.32 Å². The highest BCUT2D eigenvalue weighted by molar-refractivity contribution is 5.85. The molecule has 0 unspecified atom stereocenters. The molecule has 1 heterocycles. The van der Waals surface area contributed by atoms with Crippen molar-refractivity contribution in [1.29, 1.82) is 0 Å². The van der Waals surface area contributed by atoms with E-state index < -0.39 is 0 Å². The fraction of sp³-hybridized carbons (Fsp3) is 0.625. The first-order valence-corrected chi connectivity index (χ1v) is 7.10. The molecule has 0 saturated carbocycles. The number of nitrogens with one attached hydrogen (secondary N) is 1. The normalized spacial score (nSPS) is 18.4. The number of aryl methyl sites for hydroxylation is 1. The second-order valence-electron chi connectivity index (χ2n) is 6.58. The molecule has 1 aromatic rings. The first kappa shape index (κ1) is 17.4. The van der Waals surface area contributed by atoms with Gasteiger partial charge >= 0.3 is 0 Å². The minimum atomic E-state index is -0.0709. The number of halogens is 2. The Morgan fingerprint density at radius 3 is 2.30 bits per heavy atom. The zero-order chi connectivity index (χ0) is 14.0. The highest BCUT2D eigenvalue weighted by atomic mass is 35.5. The lowest BCUT2D eigenvalue weighted by Gasteiger charge is -2.42. The summed E-state index contributed by atoms with van der Waals surface area (Å²) in [5, 5.41) is 3.36. The number of nitrogens with zero attached hydrogens (tertiary/aromatic N) is 1. The van der Waals surface area contributed by atoms with Gasteiger partial charge in [-0.2, -0.15) is 0 Å². The highest BCUT2D eigenvalue weighted by Gasteiger charge is 2.34. The molecule has 1 aromatic carbocycles. The zero-order valence-corrected chi connectivity index (χ0v) is 13.7. The molecule has 1 aliphatic heterocycles. The van der Waals surface area contributed by atoms with Crippen LogP contribution in [0.4, 0.5) is 4.39 Å². The van der Waals surface area contributed by atoms with Crippen molar-refractivity contribution >= 4 is 12.4 Å². The van der Waals surface area contributed by atoms with E-state index in [4.69, 9.17) is 0 Å². The minimum Gasteiger partial charge on any atom is -0.314 e. The summed E-state index contributed by atoms with van der Waals surface area (Å²) in [4.78, 5) is 2.41. The third-order valence-corrected chi connectivity index (χ3v) is 3.79. The first-order chi connectivity index (χ1) is 8.89. The van der Waals surface area contributed by atoms with Crippen LogP contribution < -0.4 is 5.32 Å². The molecule has 0 bridgehead atoms. The molecule has 1 atom stereocenters. The maximum Gasteiger partial charge on any atom is 0.128 e. The molecule has 1 N–H and O–H groups in total. The van der Waals surface area contributed by atoms with E-state index in [0.717, 1.165) is 37.3 Å². The third kappa shape index (κ3) is 3.94. The fourth-order valence-corrected chi connectivity index (χ4v) is 3.01. The van der Waals surface area contributed by atoms with Crippen molar-refractivity contribution in [2.24, 2.45) is 5.41 Å². The summed E-state index contributed by atoms with van der Waals surface area (Å²) < 4.78 is 14.3. The van der Waals surface area contributed by atoms with Crippen molar-refractivity contribution in [3.05, 3.63) is 35.1 Å². The Balaban J connectivity index is 0.00000200. The molecule has 0 aromatic heterocycles. The van der Waals surface area contributed by atoms with Gasteiger partial charge in [-0.15, -0.1) is 12.4 Å². The summed E-state index contributed by atoms with van der Waals surface area (Å²) in [6.07, 6.45) is 0. The molecule has 0 aliphatic carbocycles. The van der Waals surface area contributed by atoms with E-state index >= 15 is 0 Å². The number of rotatable bonds is 2. The van der Waals surface area contributed by atoms with Gasteiger partial charge in [-0.1, -0.05) is 32.9 Å². The van der Waals surface area contributed by atoms with Crippen molar-refractivity contribution in [3.8, 4) is 0 Å². The van der Waals surface area contributed by atoms with Crippen molar-refractivity contribution in [3.63, 3.8) is 0 Å². The quantitative estimate of drug-likeness (QED) is 0.898. The second kappa shape index (κ2) is 6.88. The van der Waals surface area contributed by atoms with Crippen LogP contribution in [-0.4, -0.2) is 31.1 Å². The van der Waals surface area contributed by atoms with E-state index in [1.54, 1.807) is 6.07 Å². The molecular formula is C16H26ClFN2. The Labute approximate surface area is 128 Å². The predicted molar refractivity (Wildman–Crippen MR) is 85.0 cm³/mol. The van der Waals surface area contributed by atoms with Gasteiger partial charge in [0.1, 0.15) is 5.82 Å². The maximum atomic E-state index is 14.3. The Hall–Kier alpha value is -0.640. The summed E-state index contributed by atoms with van der Waals surface area (Å²) in [5.74, 6) is -0.0709. The summed E-state index contributed by atoms with van der Waals surface area (Å²) in [6.45, 7) is 12.4. The van der Waals surface area contributed by atoms with Crippen LogP contribution in [-0.2, 0) is 0 Å². The topological polar surface area (TPSA) is 15.3 Å². The van der Waals surface area contributed by atoms with Crippen LogP contribution in [0.3, 0.4) is 0 Å². The Morgan fingerprint density at radius 1 is 1.20 bits per heavy atom. The van der Waals surface area contributed by atoms with Crippen molar-refractivity contribution in [2.75, 3.05) is 26.2 Å². The average molecular weight is 301 g/mol. The SMILES string of the molecule is Cc1ccc([C@H](N2CCNCC2)C(C)(C)C)c(F)c1.Cl. The van der Waals surface area contributed by atoms with E-state index in [1.165, 1.54) is 0 Å². The van der Waals surface area contributed by atoms with E-state index in [9.17, 15) is 4.39 Å². The highest BCUT2D eigenvalue weighted by Crippen LogP contribution is 2.39.